The summed E-state index contributed by atoms with van der Waals surface area (Å²) in [5, 5.41) is 11.3. The molecule has 1 aromatic carbocycles. The number of para-hydroxylation sites is 1. The molecule has 0 radical (unpaired) electrons. The van der Waals surface area contributed by atoms with Crippen LogP contribution in [0.3, 0.4) is 0 Å². The van der Waals surface area contributed by atoms with Crippen molar-refractivity contribution in [3.63, 3.8) is 0 Å². The molecule has 6 heteroatoms. The van der Waals surface area contributed by atoms with E-state index < -0.39 is 0 Å². The molecule has 0 bridgehead atoms. The van der Waals surface area contributed by atoms with Gasteiger partial charge < -0.3 is 5.32 Å². The summed E-state index contributed by atoms with van der Waals surface area (Å²) in [6.07, 6.45) is 2.88. The Hall–Kier alpha value is -2.60. The Morgan fingerprint density at radius 2 is 1.90 bits per heavy atom. The van der Waals surface area contributed by atoms with Crippen LogP contribution in [0, 0.1) is 5.82 Å². The number of hydrogen-bond acceptors (Lipinski definition) is 4. The summed E-state index contributed by atoms with van der Waals surface area (Å²) in [5.41, 5.74) is 2.45. The number of rotatable bonds is 4. The van der Waals surface area contributed by atoms with Gasteiger partial charge in [0, 0.05) is 0 Å². The number of halogens is 1. The summed E-state index contributed by atoms with van der Waals surface area (Å²) in [6, 6.07) is 12.5. The third kappa shape index (κ3) is 2.66. The molecule has 0 saturated heterocycles. The summed E-state index contributed by atoms with van der Waals surface area (Å²) >= 11 is 0. The molecule has 0 aliphatic carbocycles. The average Bonchev–Trinajstić information content (AvgIpc) is 3.00. The van der Waals surface area contributed by atoms with Crippen molar-refractivity contribution in [2.24, 2.45) is 0 Å². The second kappa shape index (κ2) is 5.80. The lowest BCUT2D eigenvalue weighted by Gasteiger charge is -2.16. The number of benzene rings is 1. The summed E-state index contributed by atoms with van der Waals surface area (Å²) in [5.74, 6) is -0.358. The molecule has 21 heavy (non-hydrogen) atoms. The van der Waals surface area contributed by atoms with E-state index in [0.717, 1.165) is 11.4 Å². The third-order valence-electron chi connectivity index (χ3n) is 3.21. The number of aromatic nitrogens is 4. The molecular weight excluding hydrogens is 269 g/mol. The van der Waals surface area contributed by atoms with Crippen molar-refractivity contribution in [1.82, 2.24) is 25.3 Å². The van der Waals surface area contributed by atoms with Crippen molar-refractivity contribution in [3.8, 4) is 5.69 Å². The van der Waals surface area contributed by atoms with Gasteiger partial charge in [-0.1, -0.05) is 23.4 Å². The standard InChI is InChI=1S/C15H14FN5/c1-17-15(13-8-7-11(16)9-18-13)14-10-19-20-21(14)12-5-3-2-4-6-12/h2-10,15,17H,1H3. The highest BCUT2D eigenvalue weighted by atomic mass is 19.1. The predicted octanol–water partition coefficient (Wildman–Crippen LogP) is 2.11. The van der Waals surface area contributed by atoms with Gasteiger partial charge in [0.05, 0.1) is 35.5 Å². The number of pyridine rings is 1. The fraction of sp³-hybridized carbons (Fsp3) is 0.133. The Kier molecular flexibility index (Phi) is 3.70. The van der Waals surface area contributed by atoms with E-state index in [1.54, 1.807) is 16.9 Å². The molecular formula is C15H14FN5. The quantitative estimate of drug-likeness (QED) is 0.797. The van der Waals surface area contributed by atoms with Gasteiger partial charge in [0.2, 0.25) is 0 Å². The van der Waals surface area contributed by atoms with Crippen LogP contribution in [0.4, 0.5) is 4.39 Å². The van der Waals surface area contributed by atoms with E-state index in [0.29, 0.717) is 5.69 Å². The molecule has 0 saturated carbocycles. The number of nitrogens with zero attached hydrogens (tertiary/aromatic N) is 4. The fourth-order valence-electron chi connectivity index (χ4n) is 2.21. The van der Waals surface area contributed by atoms with Crippen LogP contribution in [-0.4, -0.2) is 27.0 Å². The Morgan fingerprint density at radius 3 is 2.57 bits per heavy atom. The minimum atomic E-state index is -0.358. The molecule has 0 spiro atoms. The first-order valence-corrected chi connectivity index (χ1v) is 6.54. The lowest BCUT2D eigenvalue weighted by molar-refractivity contribution is 0.597. The van der Waals surface area contributed by atoms with Crippen molar-refractivity contribution in [1.29, 1.82) is 0 Å². The predicted molar refractivity (Wildman–Crippen MR) is 76.5 cm³/mol. The number of nitrogens with one attached hydrogen (secondary N) is 1. The van der Waals surface area contributed by atoms with Gasteiger partial charge in [-0.25, -0.2) is 9.07 Å². The molecule has 2 aromatic heterocycles. The molecule has 3 rings (SSSR count). The van der Waals surface area contributed by atoms with Crippen LogP contribution in [0.2, 0.25) is 0 Å². The zero-order valence-electron chi connectivity index (χ0n) is 11.4. The zero-order chi connectivity index (χ0) is 14.7. The highest BCUT2D eigenvalue weighted by Gasteiger charge is 2.19. The van der Waals surface area contributed by atoms with Gasteiger partial charge in [-0.2, -0.15) is 0 Å². The van der Waals surface area contributed by atoms with Crippen molar-refractivity contribution in [2.45, 2.75) is 6.04 Å². The normalized spacial score (nSPS) is 12.3. The van der Waals surface area contributed by atoms with E-state index in [-0.39, 0.29) is 11.9 Å². The van der Waals surface area contributed by atoms with E-state index in [1.807, 2.05) is 37.4 Å². The first-order valence-electron chi connectivity index (χ1n) is 6.54. The smallest absolute Gasteiger partial charge is 0.141 e. The Bertz CT molecular complexity index is 708. The summed E-state index contributed by atoms with van der Waals surface area (Å²) in [4.78, 5) is 4.13. The van der Waals surface area contributed by atoms with Crippen LogP contribution in [0.15, 0.2) is 54.9 Å². The first-order chi connectivity index (χ1) is 10.3. The van der Waals surface area contributed by atoms with Crippen molar-refractivity contribution < 1.29 is 4.39 Å². The van der Waals surface area contributed by atoms with Crippen LogP contribution < -0.4 is 5.32 Å². The molecule has 106 valence electrons. The summed E-state index contributed by atoms with van der Waals surface area (Å²) < 4.78 is 14.8. The zero-order valence-corrected chi connectivity index (χ0v) is 11.4. The molecule has 5 nitrogen and oxygen atoms in total. The molecule has 0 amide bonds. The topological polar surface area (TPSA) is 55.6 Å². The molecule has 3 aromatic rings. The highest BCUT2D eigenvalue weighted by molar-refractivity contribution is 5.34. The van der Waals surface area contributed by atoms with Crippen LogP contribution >= 0.6 is 0 Å². The minimum Gasteiger partial charge on any atom is -0.307 e. The molecule has 2 heterocycles. The van der Waals surface area contributed by atoms with Gasteiger partial charge in [0.15, 0.2) is 0 Å². The van der Waals surface area contributed by atoms with Gasteiger partial charge in [-0.15, -0.1) is 5.10 Å². The largest absolute Gasteiger partial charge is 0.307 e. The molecule has 0 aliphatic heterocycles. The van der Waals surface area contributed by atoms with Gasteiger partial charge >= 0.3 is 0 Å². The second-order valence-electron chi connectivity index (χ2n) is 4.53. The van der Waals surface area contributed by atoms with Crippen LogP contribution in [0.25, 0.3) is 5.69 Å². The maximum atomic E-state index is 13.0. The third-order valence-corrected chi connectivity index (χ3v) is 3.21. The summed E-state index contributed by atoms with van der Waals surface area (Å²) in [7, 11) is 1.82. The SMILES string of the molecule is CNC(c1ccc(F)cn1)c1cnnn1-c1ccccc1. The van der Waals surface area contributed by atoms with E-state index in [4.69, 9.17) is 0 Å². The maximum Gasteiger partial charge on any atom is 0.141 e. The van der Waals surface area contributed by atoms with Gasteiger partial charge in [0.1, 0.15) is 5.82 Å². The van der Waals surface area contributed by atoms with Crippen molar-refractivity contribution in [2.75, 3.05) is 7.05 Å². The van der Waals surface area contributed by atoms with E-state index in [9.17, 15) is 4.39 Å². The van der Waals surface area contributed by atoms with Crippen LogP contribution in [-0.2, 0) is 0 Å². The van der Waals surface area contributed by atoms with Gasteiger partial charge in [-0.3, -0.25) is 4.98 Å². The van der Waals surface area contributed by atoms with Crippen molar-refractivity contribution >= 4 is 0 Å². The average molecular weight is 283 g/mol. The van der Waals surface area contributed by atoms with Gasteiger partial charge in [0.25, 0.3) is 0 Å². The number of hydrogen-bond donors (Lipinski definition) is 1. The maximum absolute atomic E-state index is 13.0. The summed E-state index contributed by atoms with van der Waals surface area (Å²) in [6.45, 7) is 0. The van der Waals surface area contributed by atoms with Gasteiger partial charge in [-0.05, 0) is 31.3 Å². The molecule has 0 aliphatic rings. The lowest BCUT2D eigenvalue weighted by Crippen LogP contribution is -2.22. The van der Waals surface area contributed by atoms with Crippen LogP contribution in [0.1, 0.15) is 17.4 Å². The Balaban J connectivity index is 2.03. The molecule has 1 atom stereocenters. The minimum absolute atomic E-state index is 0.221. The van der Waals surface area contributed by atoms with E-state index >= 15 is 0 Å². The lowest BCUT2D eigenvalue weighted by atomic mass is 10.1. The van der Waals surface area contributed by atoms with E-state index in [2.05, 4.69) is 20.6 Å². The molecule has 1 unspecified atom stereocenters. The monoisotopic (exact) mass is 283 g/mol. The first kappa shape index (κ1) is 13.4. The Morgan fingerprint density at radius 1 is 1.10 bits per heavy atom. The molecule has 1 N–H and O–H groups in total. The second-order valence-corrected chi connectivity index (χ2v) is 4.53. The van der Waals surface area contributed by atoms with Crippen LogP contribution in [0.5, 0.6) is 0 Å². The van der Waals surface area contributed by atoms with Crippen molar-refractivity contribution in [3.05, 3.63) is 72.1 Å². The fourth-order valence-corrected chi connectivity index (χ4v) is 2.21. The Labute approximate surface area is 121 Å². The van der Waals surface area contributed by atoms with E-state index in [1.165, 1.54) is 12.3 Å². The molecule has 0 fully saturated rings. The highest BCUT2D eigenvalue weighted by Crippen LogP contribution is 2.21.